The maximum Gasteiger partial charge on any atom is 0.232 e. The number of aromatic nitrogens is 1. The van der Waals surface area contributed by atoms with Gasteiger partial charge in [0.2, 0.25) is 5.91 Å². The maximum absolute atomic E-state index is 12.6. The summed E-state index contributed by atoms with van der Waals surface area (Å²) in [6.45, 7) is 4.15. The molecule has 0 bridgehead atoms. The lowest BCUT2D eigenvalue weighted by atomic mass is 9.66. The molecule has 3 nitrogen and oxygen atoms in total. The minimum absolute atomic E-state index is 0.161. The van der Waals surface area contributed by atoms with E-state index in [-0.39, 0.29) is 17.5 Å². The standard InChI is InChI=1S/C15H19ClN2O/c1-10(2)18-13(11-7-12(16)9-17-8-11)15(14(18)19)5-3-4-6-15/h7-10,13H,3-6H2,1-2H3/t13-/m1/s1. The zero-order valence-corrected chi connectivity index (χ0v) is 12.2. The molecule has 1 spiro atoms. The Hall–Kier alpha value is -1.09. The molecule has 3 rings (SSSR count). The van der Waals surface area contributed by atoms with Crippen molar-refractivity contribution in [1.82, 2.24) is 9.88 Å². The molecule has 2 fully saturated rings. The summed E-state index contributed by atoms with van der Waals surface area (Å²) in [6.07, 6.45) is 7.83. The predicted octanol–water partition coefficient (Wildman–Crippen LogP) is 3.59. The molecule has 2 aliphatic rings. The van der Waals surface area contributed by atoms with Crippen LogP contribution in [0.25, 0.3) is 0 Å². The number of carbonyl (C=O) groups excluding carboxylic acids is 1. The summed E-state index contributed by atoms with van der Waals surface area (Å²) in [5, 5.41) is 0.647. The SMILES string of the molecule is CC(C)N1C(=O)C2(CCCC2)[C@H]1c1cncc(Cl)c1. The highest BCUT2D eigenvalue weighted by molar-refractivity contribution is 6.30. The van der Waals surface area contributed by atoms with Crippen LogP contribution in [0.1, 0.15) is 51.1 Å². The zero-order valence-electron chi connectivity index (χ0n) is 11.4. The molecule has 4 heteroatoms. The molecule has 1 amide bonds. The molecule has 1 atom stereocenters. The van der Waals surface area contributed by atoms with Crippen molar-refractivity contribution in [2.45, 2.75) is 51.6 Å². The lowest BCUT2D eigenvalue weighted by molar-refractivity contribution is -0.177. The first-order valence-corrected chi connectivity index (χ1v) is 7.37. The fourth-order valence-corrected chi connectivity index (χ4v) is 3.96. The summed E-state index contributed by atoms with van der Waals surface area (Å²) in [4.78, 5) is 18.8. The van der Waals surface area contributed by atoms with Crippen LogP contribution < -0.4 is 0 Å². The van der Waals surface area contributed by atoms with Crippen molar-refractivity contribution in [1.29, 1.82) is 0 Å². The Bertz CT molecular complexity index is 509. The molecule has 102 valence electrons. The van der Waals surface area contributed by atoms with Crippen LogP contribution >= 0.6 is 11.6 Å². The topological polar surface area (TPSA) is 33.2 Å². The van der Waals surface area contributed by atoms with Crippen LogP contribution in [-0.2, 0) is 4.79 Å². The zero-order chi connectivity index (χ0) is 13.6. The number of likely N-dealkylation sites (tertiary alicyclic amines) is 1. The smallest absolute Gasteiger partial charge is 0.232 e. The van der Waals surface area contributed by atoms with Crippen molar-refractivity contribution < 1.29 is 4.79 Å². The van der Waals surface area contributed by atoms with Crippen LogP contribution in [0.2, 0.25) is 5.02 Å². The number of pyridine rings is 1. The molecule has 1 aromatic rings. The molecule has 0 N–H and O–H groups in total. The number of carbonyl (C=O) groups is 1. The number of amides is 1. The van der Waals surface area contributed by atoms with Crippen LogP contribution in [0.5, 0.6) is 0 Å². The van der Waals surface area contributed by atoms with E-state index >= 15 is 0 Å². The van der Waals surface area contributed by atoms with Crippen LogP contribution in [0.15, 0.2) is 18.5 Å². The van der Waals surface area contributed by atoms with Crippen LogP contribution in [-0.4, -0.2) is 21.8 Å². The Morgan fingerprint density at radius 1 is 1.37 bits per heavy atom. The first-order valence-electron chi connectivity index (χ1n) is 6.99. The maximum atomic E-state index is 12.6. The highest BCUT2D eigenvalue weighted by Crippen LogP contribution is 2.59. The third-order valence-electron chi connectivity index (χ3n) is 4.56. The predicted molar refractivity (Wildman–Crippen MR) is 74.9 cm³/mol. The lowest BCUT2D eigenvalue weighted by Gasteiger charge is -2.57. The Balaban J connectivity index is 2.01. The first-order chi connectivity index (χ1) is 9.06. The van der Waals surface area contributed by atoms with Gasteiger partial charge in [0.25, 0.3) is 0 Å². The summed E-state index contributed by atoms with van der Waals surface area (Å²) in [6, 6.07) is 2.34. The Morgan fingerprint density at radius 2 is 2.05 bits per heavy atom. The number of hydrogen-bond acceptors (Lipinski definition) is 2. The van der Waals surface area contributed by atoms with Crippen molar-refractivity contribution in [3.8, 4) is 0 Å². The Kier molecular flexibility index (Phi) is 3.05. The normalized spacial score (nSPS) is 25.2. The second kappa shape index (κ2) is 4.48. The third-order valence-corrected chi connectivity index (χ3v) is 4.76. The number of β-lactam (4-membered cyclic amide) rings is 1. The number of halogens is 1. The number of rotatable bonds is 2. The Morgan fingerprint density at radius 3 is 2.63 bits per heavy atom. The van der Waals surface area contributed by atoms with Crippen LogP contribution in [0, 0.1) is 5.41 Å². The summed E-state index contributed by atoms with van der Waals surface area (Å²) in [5.74, 6) is 0.324. The van der Waals surface area contributed by atoms with Gasteiger partial charge in [-0.2, -0.15) is 0 Å². The lowest BCUT2D eigenvalue weighted by Crippen LogP contribution is -2.64. The van der Waals surface area contributed by atoms with E-state index in [0.29, 0.717) is 10.9 Å². The van der Waals surface area contributed by atoms with Gasteiger partial charge in [-0.05, 0) is 38.3 Å². The molecule has 2 heterocycles. The molecule has 1 aromatic heterocycles. The highest BCUT2D eigenvalue weighted by Gasteiger charge is 2.62. The van der Waals surface area contributed by atoms with E-state index in [2.05, 4.69) is 18.8 Å². The van der Waals surface area contributed by atoms with E-state index in [0.717, 1.165) is 31.2 Å². The molecule has 1 aliphatic carbocycles. The van der Waals surface area contributed by atoms with Gasteiger partial charge in [-0.3, -0.25) is 9.78 Å². The van der Waals surface area contributed by atoms with Gasteiger partial charge in [0.15, 0.2) is 0 Å². The molecule has 0 unspecified atom stereocenters. The molecule has 1 saturated heterocycles. The fraction of sp³-hybridized carbons (Fsp3) is 0.600. The van der Waals surface area contributed by atoms with E-state index in [1.807, 2.05) is 17.2 Å². The fourth-order valence-electron chi connectivity index (χ4n) is 3.77. The number of nitrogens with zero attached hydrogens (tertiary/aromatic N) is 2. The summed E-state index contributed by atoms with van der Waals surface area (Å²) in [5.41, 5.74) is 0.916. The second-order valence-corrected chi connectivity index (χ2v) is 6.44. The van der Waals surface area contributed by atoms with Gasteiger partial charge in [-0.15, -0.1) is 0 Å². The largest absolute Gasteiger partial charge is 0.332 e. The minimum Gasteiger partial charge on any atom is -0.332 e. The van der Waals surface area contributed by atoms with E-state index in [1.165, 1.54) is 0 Å². The van der Waals surface area contributed by atoms with Crippen LogP contribution in [0.3, 0.4) is 0 Å². The van der Waals surface area contributed by atoms with E-state index < -0.39 is 0 Å². The van der Waals surface area contributed by atoms with Gasteiger partial charge < -0.3 is 4.90 Å². The van der Waals surface area contributed by atoms with E-state index in [9.17, 15) is 4.79 Å². The average molecular weight is 279 g/mol. The van der Waals surface area contributed by atoms with Gasteiger partial charge in [-0.1, -0.05) is 24.4 Å². The Labute approximate surface area is 119 Å². The molecular weight excluding hydrogens is 260 g/mol. The molecule has 0 radical (unpaired) electrons. The van der Waals surface area contributed by atoms with E-state index in [4.69, 9.17) is 11.6 Å². The van der Waals surface area contributed by atoms with Crippen molar-refractivity contribution in [3.63, 3.8) is 0 Å². The first kappa shape index (κ1) is 12.9. The molecule has 1 aliphatic heterocycles. The minimum atomic E-state index is -0.170. The van der Waals surface area contributed by atoms with Gasteiger partial charge in [0.1, 0.15) is 0 Å². The van der Waals surface area contributed by atoms with Crippen molar-refractivity contribution in [2.24, 2.45) is 5.41 Å². The van der Waals surface area contributed by atoms with Crippen molar-refractivity contribution in [2.75, 3.05) is 0 Å². The molecule has 19 heavy (non-hydrogen) atoms. The quantitative estimate of drug-likeness (QED) is 0.775. The molecular formula is C15H19ClN2O. The highest BCUT2D eigenvalue weighted by atomic mass is 35.5. The van der Waals surface area contributed by atoms with Gasteiger partial charge >= 0.3 is 0 Å². The van der Waals surface area contributed by atoms with Crippen molar-refractivity contribution >= 4 is 17.5 Å². The van der Waals surface area contributed by atoms with Gasteiger partial charge in [0.05, 0.1) is 16.5 Å². The molecule has 1 saturated carbocycles. The summed E-state index contributed by atoms with van der Waals surface area (Å²) >= 11 is 6.06. The van der Waals surface area contributed by atoms with Gasteiger partial charge in [-0.25, -0.2) is 0 Å². The summed E-state index contributed by atoms with van der Waals surface area (Å²) in [7, 11) is 0. The van der Waals surface area contributed by atoms with Crippen LogP contribution in [0.4, 0.5) is 0 Å². The molecule has 0 aromatic carbocycles. The third kappa shape index (κ3) is 1.78. The summed E-state index contributed by atoms with van der Waals surface area (Å²) < 4.78 is 0. The average Bonchev–Trinajstić information content (AvgIpc) is 2.86. The van der Waals surface area contributed by atoms with E-state index in [1.54, 1.807) is 6.20 Å². The van der Waals surface area contributed by atoms with Crippen molar-refractivity contribution in [3.05, 3.63) is 29.0 Å². The number of hydrogen-bond donors (Lipinski definition) is 0. The monoisotopic (exact) mass is 278 g/mol. The second-order valence-electron chi connectivity index (χ2n) is 6.01. The van der Waals surface area contributed by atoms with Gasteiger partial charge in [0, 0.05) is 18.4 Å².